The number of nitrogens with zero attached hydrogens (tertiary/aromatic N) is 2. The zero-order valence-corrected chi connectivity index (χ0v) is 18.6. The van der Waals surface area contributed by atoms with Crippen LogP contribution in [0.5, 0.6) is 5.75 Å². The third-order valence-corrected chi connectivity index (χ3v) is 7.27. The molecule has 7 nitrogen and oxygen atoms in total. The van der Waals surface area contributed by atoms with Gasteiger partial charge in [0.25, 0.3) is 5.91 Å². The lowest BCUT2D eigenvalue weighted by Gasteiger charge is -2.44. The topological polar surface area (TPSA) is 79.0 Å². The van der Waals surface area contributed by atoms with Gasteiger partial charge in [0.05, 0.1) is 7.11 Å². The molecule has 1 aliphatic carbocycles. The molecule has 1 saturated carbocycles. The van der Waals surface area contributed by atoms with E-state index in [1.54, 1.807) is 14.0 Å². The maximum atomic E-state index is 13.1. The van der Waals surface area contributed by atoms with Crippen molar-refractivity contribution in [2.75, 3.05) is 20.2 Å². The smallest absolute Gasteiger partial charge is 0.325 e. The van der Waals surface area contributed by atoms with E-state index in [1.165, 1.54) is 19.3 Å². The lowest BCUT2D eigenvalue weighted by atomic mass is 9.78. The Bertz CT molecular complexity index is 838. The largest absolute Gasteiger partial charge is 0.497 e. The quantitative estimate of drug-likeness (QED) is 0.708. The van der Waals surface area contributed by atoms with Crippen molar-refractivity contribution in [2.45, 2.75) is 69.9 Å². The molecule has 1 N–H and O–H groups in total. The van der Waals surface area contributed by atoms with Crippen molar-refractivity contribution in [3.05, 3.63) is 29.8 Å². The number of benzene rings is 1. The van der Waals surface area contributed by atoms with Crippen LogP contribution in [0.15, 0.2) is 24.3 Å². The molecule has 1 aromatic rings. The summed E-state index contributed by atoms with van der Waals surface area (Å²) >= 11 is 0. The predicted octanol–water partition coefficient (Wildman–Crippen LogP) is 3.12. The highest BCUT2D eigenvalue weighted by atomic mass is 16.5. The van der Waals surface area contributed by atoms with Crippen molar-refractivity contribution in [2.24, 2.45) is 5.92 Å². The number of rotatable bonds is 6. The molecule has 2 saturated heterocycles. The van der Waals surface area contributed by atoms with E-state index in [-0.39, 0.29) is 24.4 Å². The SMILES string of the molecule is COc1ccc(CC[C@@]2(C)NC(=O)N(CC(=O)N3CCC[C@H]4CCCC[C@@H]43)C2=O)cc1. The first kappa shape index (κ1) is 21.7. The number of urea groups is 1. The summed E-state index contributed by atoms with van der Waals surface area (Å²) < 4.78 is 5.18. The molecule has 0 radical (unpaired) electrons. The van der Waals surface area contributed by atoms with Gasteiger partial charge >= 0.3 is 6.03 Å². The average Bonchev–Trinajstić information content (AvgIpc) is 3.00. The second kappa shape index (κ2) is 8.89. The number of aryl methyl sites for hydroxylation is 1. The number of carbonyl (C=O) groups excluding carboxylic acids is 3. The highest BCUT2D eigenvalue weighted by Gasteiger charge is 2.48. The number of nitrogens with one attached hydrogen (secondary N) is 1. The van der Waals surface area contributed by atoms with E-state index in [2.05, 4.69) is 5.32 Å². The Morgan fingerprint density at radius 2 is 1.84 bits per heavy atom. The Kier molecular flexibility index (Phi) is 6.21. The minimum absolute atomic E-state index is 0.0977. The molecule has 0 spiro atoms. The Labute approximate surface area is 184 Å². The zero-order valence-electron chi connectivity index (χ0n) is 18.6. The standard InChI is InChI=1S/C24H33N3O4/c1-24(14-13-17-9-11-19(31-2)12-10-17)22(29)27(23(30)25-24)16-21(28)26-15-5-7-18-6-3-4-8-20(18)26/h9-12,18,20H,3-8,13-16H2,1-2H3,(H,25,30)/t18-,20+,24-/m1/s1. The number of amides is 4. The molecule has 0 aromatic heterocycles. The summed E-state index contributed by atoms with van der Waals surface area (Å²) in [6.07, 6.45) is 7.91. The molecule has 3 aliphatic rings. The van der Waals surface area contributed by atoms with Crippen LogP contribution >= 0.6 is 0 Å². The molecule has 4 amide bonds. The number of carbonyl (C=O) groups is 3. The third kappa shape index (κ3) is 4.41. The lowest BCUT2D eigenvalue weighted by Crippen LogP contribution is -2.53. The summed E-state index contributed by atoms with van der Waals surface area (Å²) in [5, 5.41) is 2.83. The molecule has 3 atom stereocenters. The van der Waals surface area contributed by atoms with Gasteiger partial charge in [-0.1, -0.05) is 25.0 Å². The Balaban J connectivity index is 1.38. The maximum absolute atomic E-state index is 13.1. The van der Waals surface area contributed by atoms with Gasteiger partial charge in [0.2, 0.25) is 5.91 Å². The summed E-state index contributed by atoms with van der Waals surface area (Å²) in [5.74, 6) is 0.947. The van der Waals surface area contributed by atoms with Crippen LogP contribution in [0.4, 0.5) is 4.79 Å². The molecule has 0 unspecified atom stereocenters. The van der Waals surface area contributed by atoms with Gasteiger partial charge in [-0.15, -0.1) is 0 Å². The first-order chi connectivity index (χ1) is 14.9. The van der Waals surface area contributed by atoms with Crippen molar-refractivity contribution < 1.29 is 19.1 Å². The van der Waals surface area contributed by atoms with Crippen LogP contribution in [0.1, 0.15) is 57.4 Å². The van der Waals surface area contributed by atoms with Crippen LogP contribution < -0.4 is 10.1 Å². The Hall–Kier alpha value is -2.57. The van der Waals surface area contributed by atoms with Gasteiger partial charge < -0.3 is 15.0 Å². The monoisotopic (exact) mass is 427 g/mol. The van der Waals surface area contributed by atoms with Gasteiger partial charge in [-0.2, -0.15) is 0 Å². The highest BCUT2D eigenvalue weighted by molar-refractivity contribution is 6.08. The van der Waals surface area contributed by atoms with Crippen LogP contribution in [-0.2, 0) is 16.0 Å². The summed E-state index contributed by atoms with van der Waals surface area (Å²) in [7, 11) is 1.62. The van der Waals surface area contributed by atoms with E-state index in [9.17, 15) is 14.4 Å². The summed E-state index contributed by atoms with van der Waals surface area (Å²) in [4.78, 5) is 41.9. The normalized spacial score (nSPS) is 28.3. The van der Waals surface area contributed by atoms with Gasteiger partial charge in [0.15, 0.2) is 0 Å². The maximum Gasteiger partial charge on any atom is 0.325 e. The van der Waals surface area contributed by atoms with E-state index >= 15 is 0 Å². The molecule has 168 valence electrons. The molecule has 1 aromatic carbocycles. The zero-order chi connectivity index (χ0) is 22.0. The summed E-state index contributed by atoms with van der Waals surface area (Å²) in [6.45, 7) is 2.32. The van der Waals surface area contributed by atoms with Gasteiger partial charge in [0.1, 0.15) is 17.8 Å². The van der Waals surface area contributed by atoms with E-state index in [4.69, 9.17) is 4.74 Å². The fraction of sp³-hybridized carbons (Fsp3) is 0.625. The highest BCUT2D eigenvalue weighted by Crippen LogP contribution is 2.35. The molecule has 4 rings (SSSR count). The van der Waals surface area contributed by atoms with E-state index in [1.807, 2.05) is 29.2 Å². The fourth-order valence-electron chi connectivity index (χ4n) is 5.41. The molecule has 2 aliphatic heterocycles. The number of fused-ring (bicyclic) bond motifs is 1. The predicted molar refractivity (Wildman–Crippen MR) is 117 cm³/mol. The summed E-state index contributed by atoms with van der Waals surface area (Å²) in [5.41, 5.74) is 0.0716. The van der Waals surface area contributed by atoms with Crippen LogP contribution in [-0.4, -0.2) is 59.4 Å². The van der Waals surface area contributed by atoms with Gasteiger partial charge in [-0.25, -0.2) is 4.79 Å². The van der Waals surface area contributed by atoms with Gasteiger partial charge in [-0.3, -0.25) is 14.5 Å². The van der Waals surface area contributed by atoms with Crippen molar-refractivity contribution in [3.8, 4) is 5.75 Å². The minimum atomic E-state index is -0.993. The lowest BCUT2D eigenvalue weighted by molar-refractivity contribution is -0.142. The summed E-state index contributed by atoms with van der Waals surface area (Å²) in [6, 6.07) is 7.50. The van der Waals surface area contributed by atoms with Crippen molar-refractivity contribution in [1.29, 1.82) is 0 Å². The molecular formula is C24H33N3O4. The second-order valence-corrected chi connectivity index (χ2v) is 9.34. The molecule has 0 bridgehead atoms. The number of hydrogen-bond donors (Lipinski definition) is 1. The second-order valence-electron chi connectivity index (χ2n) is 9.34. The average molecular weight is 428 g/mol. The van der Waals surface area contributed by atoms with Crippen LogP contribution in [0.3, 0.4) is 0 Å². The molecule has 2 heterocycles. The Morgan fingerprint density at radius 1 is 1.13 bits per heavy atom. The fourth-order valence-corrected chi connectivity index (χ4v) is 5.41. The number of likely N-dealkylation sites (tertiary alicyclic amines) is 1. The number of hydrogen-bond acceptors (Lipinski definition) is 4. The van der Waals surface area contributed by atoms with Crippen LogP contribution in [0, 0.1) is 5.92 Å². The van der Waals surface area contributed by atoms with E-state index in [0.717, 1.165) is 42.0 Å². The molecule has 31 heavy (non-hydrogen) atoms. The number of imide groups is 1. The van der Waals surface area contributed by atoms with Crippen LogP contribution in [0.25, 0.3) is 0 Å². The minimum Gasteiger partial charge on any atom is -0.497 e. The van der Waals surface area contributed by atoms with Gasteiger partial charge in [0, 0.05) is 12.6 Å². The third-order valence-electron chi connectivity index (χ3n) is 7.27. The van der Waals surface area contributed by atoms with E-state index in [0.29, 0.717) is 18.8 Å². The molecular weight excluding hydrogens is 394 g/mol. The number of ether oxygens (including phenoxy) is 1. The van der Waals surface area contributed by atoms with Crippen LogP contribution in [0.2, 0.25) is 0 Å². The first-order valence-electron chi connectivity index (χ1n) is 11.5. The van der Waals surface area contributed by atoms with Crippen molar-refractivity contribution in [1.82, 2.24) is 15.1 Å². The number of piperidine rings is 1. The molecule has 3 fully saturated rings. The van der Waals surface area contributed by atoms with E-state index < -0.39 is 11.6 Å². The Morgan fingerprint density at radius 3 is 2.58 bits per heavy atom. The van der Waals surface area contributed by atoms with Crippen molar-refractivity contribution >= 4 is 17.8 Å². The number of methoxy groups -OCH3 is 1. The van der Waals surface area contributed by atoms with Gasteiger partial charge in [-0.05, 0) is 69.1 Å². The molecule has 7 heteroatoms. The first-order valence-corrected chi connectivity index (χ1v) is 11.5. The van der Waals surface area contributed by atoms with Crippen molar-refractivity contribution in [3.63, 3.8) is 0 Å².